The van der Waals surface area contributed by atoms with Crippen LogP contribution in [0.25, 0.3) is 10.9 Å². The van der Waals surface area contributed by atoms with Gasteiger partial charge >= 0.3 is 0 Å². The van der Waals surface area contributed by atoms with Crippen molar-refractivity contribution in [1.29, 1.82) is 0 Å². The highest BCUT2D eigenvalue weighted by atomic mass is 16.5. The SMILES string of the molecule is COCCCN(C[C@@H]1CCCN2CCCC[C@H]12)C(=O)CCCc1nc2ccccc2c(=O)[nH]1. The van der Waals surface area contributed by atoms with E-state index in [1.165, 1.54) is 45.2 Å². The Labute approximate surface area is 196 Å². The molecular weight excluding hydrogens is 416 g/mol. The molecule has 180 valence electrons. The van der Waals surface area contributed by atoms with Crippen molar-refractivity contribution < 1.29 is 9.53 Å². The highest BCUT2D eigenvalue weighted by molar-refractivity contribution is 5.77. The number of hydrogen-bond donors (Lipinski definition) is 1. The highest BCUT2D eigenvalue weighted by Gasteiger charge is 2.34. The predicted octanol–water partition coefficient (Wildman–Crippen LogP) is 3.38. The summed E-state index contributed by atoms with van der Waals surface area (Å²) in [5.74, 6) is 1.44. The van der Waals surface area contributed by atoms with Crippen LogP contribution < -0.4 is 5.56 Å². The van der Waals surface area contributed by atoms with Crippen molar-refractivity contribution >= 4 is 16.8 Å². The van der Waals surface area contributed by atoms with Crippen molar-refractivity contribution in [2.75, 3.05) is 39.9 Å². The van der Waals surface area contributed by atoms with E-state index < -0.39 is 0 Å². The standard InChI is InChI=1S/C26H38N4O3/c1-33-18-8-17-30(19-20-9-7-16-29-15-5-4-12-23(20)29)25(31)14-6-13-24-27-22-11-3-2-10-21(22)26(32)28-24/h2-3,10-11,20,23H,4-9,12-19H2,1H3,(H,27,28,32)/t20-,23+/m0/s1. The minimum Gasteiger partial charge on any atom is -0.385 e. The predicted molar refractivity (Wildman–Crippen MR) is 130 cm³/mol. The molecule has 2 saturated heterocycles. The monoisotopic (exact) mass is 454 g/mol. The molecule has 0 unspecified atom stereocenters. The van der Waals surface area contributed by atoms with Gasteiger partial charge in [0.1, 0.15) is 5.82 Å². The summed E-state index contributed by atoms with van der Waals surface area (Å²) in [5.41, 5.74) is 0.593. The van der Waals surface area contributed by atoms with Crippen LogP contribution in [0.1, 0.15) is 57.2 Å². The van der Waals surface area contributed by atoms with Crippen molar-refractivity contribution in [3.05, 3.63) is 40.4 Å². The van der Waals surface area contributed by atoms with Gasteiger partial charge in [-0.05, 0) is 69.7 Å². The van der Waals surface area contributed by atoms with E-state index in [9.17, 15) is 9.59 Å². The fourth-order valence-electron chi connectivity index (χ4n) is 5.61. The molecule has 1 amide bonds. The molecule has 0 aliphatic carbocycles. The first-order valence-corrected chi connectivity index (χ1v) is 12.6. The van der Waals surface area contributed by atoms with E-state index in [2.05, 4.69) is 19.8 Å². The lowest BCUT2D eigenvalue weighted by atomic mass is 9.83. The largest absolute Gasteiger partial charge is 0.385 e. The van der Waals surface area contributed by atoms with Gasteiger partial charge in [-0.25, -0.2) is 4.98 Å². The van der Waals surface area contributed by atoms with Crippen LogP contribution in [0, 0.1) is 5.92 Å². The number of carbonyl (C=O) groups excluding carboxylic acids is 1. The molecule has 0 bridgehead atoms. The third kappa shape index (κ3) is 6.21. The van der Waals surface area contributed by atoms with Gasteiger partial charge in [0.25, 0.3) is 5.56 Å². The minimum absolute atomic E-state index is 0.113. The Kier molecular flexibility index (Phi) is 8.51. The normalized spacial score (nSPS) is 21.1. The summed E-state index contributed by atoms with van der Waals surface area (Å²) in [6, 6.07) is 8.01. The smallest absolute Gasteiger partial charge is 0.258 e. The Morgan fingerprint density at radius 1 is 1.18 bits per heavy atom. The number of rotatable bonds is 10. The van der Waals surface area contributed by atoms with Crippen LogP contribution in [-0.2, 0) is 16.0 Å². The average Bonchev–Trinajstić information content (AvgIpc) is 2.83. The molecule has 2 aliphatic rings. The molecule has 2 aromatic rings. The Bertz CT molecular complexity index is 973. The van der Waals surface area contributed by atoms with E-state index in [0.29, 0.717) is 54.6 Å². The zero-order chi connectivity index (χ0) is 23.0. The van der Waals surface area contributed by atoms with Crippen LogP contribution in [0.2, 0.25) is 0 Å². The summed E-state index contributed by atoms with van der Waals surface area (Å²) in [7, 11) is 1.71. The molecule has 7 nitrogen and oxygen atoms in total. The molecule has 33 heavy (non-hydrogen) atoms. The number of nitrogens with one attached hydrogen (secondary N) is 1. The van der Waals surface area contributed by atoms with Gasteiger partial charge in [-0.15, -0.1) is 0 Å². The van der Waals surface area contributed by atoms with Gasteiger partial charge in [-0.1, -0.05) is 18.6 Å². The summed E-state index contributed by atoms with van der Waals surface area (Å²) in [5, 5.41) is 0.603. The fraction of sp³-hybridized carbons (Fsp3) is 0.654. The molecule has 2 fully saturated rings. The molecule has 4 rings (SSSR count). The molecule has 2 aliphatic heterocycles. The second-order valence-electron chi connectivity index (χ2n) is 9.57. The maximum absolute atomic E-state index is 13.2. The van der Waals surface area contributed by atoms with E-state index >= 15 is 0 Å². The third-order valence-electron chi connectivity index (χ3n) is 7.28. The lowest BCUT2D eigenvalue weighted by molar-refractivity contribution is -0.133. The van der Waals surface area contributed by atoms with Gasteiger partial charge in [-0.2, -0.15) is 0 Å². The minimum atomic E-state index is -0.113. The number of aromatic nitrogens is 2. The van der Waals surface area contributed by atoms with Crippen LogP contribution in [0.3, 0.4) is 0 Å². The number of aryl methyl sites for hydroxylation is 1. The molecule has 2 atom stereocenters. The van der Waals surface area contributed by atoms with Gasteiger partial charge in [0.05, 0.1) is 10.9 Å². The average molecular weight is 455 g/mol. The molecule has 7 heteroatoms. The maximum Gasteiger partial charge on any atom is 0.258 e. The number of ether oxygens (including phenoxy) is 1. The molecule has 3 heterocycles. The third-order valence-corrected chi connectivity index (χ3v) is 7.28. The highest BCUT2D eigenvalue weighted by Crippen LogP contribution is 2.31. The van der Waals surface area contributed by atoms with Gasteiger partial charge < -0.3 is 19.5 Å². The zero-order valence-electron chi connectivity index (χ0n) is 19.9. The molecule has 1 aromatic carbocycles. The van der Waals surface area contributed by atoms with Crippen LogP contribution in [-0.4, -0.2) is 71.6 Å². The second-order valence-corrected chi connectivity index (χ2v) is 9.57. The van der Waals surface area contributed by atoms with Crippen molar-refractivity contribution in [2.24, 2.45) is 5.92 Å². The number of para-hydroxylation sites is 1. The summed E-state index contributed by atoms with van der Waals surface area (Å²) < 4.78 is 5.24. The summed E-state index contributed by atoms with van der Waals surface area (Å²) >= 11 is 0. The lowest BCUT2D eigenvalue weighted by Crippen LogP contribution is -2.51. The maximum atomic E-state index is 13.2. The van der Waals surface area contributed by atoms with Crippen molar-refractivity contribution in [1.82, 2.24) is 19.8 Å². The first kappa shape index (κ1) is 23.9. The Balaban J connectivity index is 1.35. The van der Waals surface area contributed by atoms with Crippen molar-refractivity contribution in [3.8, 4) is 0 Å². The van der Waals surface area contributed by atoms with Gasteiger partial charge in [0, 0.05) is 45.7 Å². The van der Waals surface area contributed by atoms with E-state index in [1.54, 1.807) is 13.2 Å². The van der Waals surface area contributed by atoms with E-state index in [0.717, 1.165) is 19.5 Å². The van der Waals surface area contributed by atoms with E-state index in [-0.39, 0.29) is 11.5 Å². The molecular formula is C26H38N4O3. The number of nitrogens with zero attached hydrogens (tertiary/aromatic N) is 3. The number of benzene rings is 1. The van der Waals surface area contributed by atoms with E-state index in [1.807, 2.05) is 18.2 Å². The van der Waals surface area contributed by atoms with Gasteiger partial charge in [0.2, 0.25) is 5.91 Å². The van der Waals surface area contributed by atoms with Crippen LogP contribution >= 0.6 is 0 Å². The van der Waals surface area contributed by atoms with Gasteiger partial charge in [-0.3, -0.25) is 9.59 Å². The summed E-state index contributed by atoms with van der Waals surface area (Å²) in [4.78, 5) is 37.7. The number of methoxy groups -OCH3 is 1. The Morgan fingerprint density at radius 2 is 2.03 bits per heavy atom. The van der Waals surface area contributed by atoms with E-state index in [4.69, 9.17) is 4.74 Å². The molecule has 0 radical (unpaired) electrons. The number of carbonyl (C=O) groups is 1. The quantitative estimate of drug-likeness (QED) is 0.557. The number of piperidine rings is 2. The topological polar surface area (TPSA) is 78.5 Å². The van der Waals surface area contributed by atoms with Crippen LogP contribution in [0.4, 0.5) is 0 Å². The zero-order valence-corrected chi connectivity index (χ0v) is 19.9. The summed E-state index contributed by atoms with van der Waals surface area (Å²) in [6.07, 6.45) is 8.97. The number of fused-ring (bicyclic) bond motifs is 2. The fourth-order valence-corrected chi connectivity index (χ4v) is 5.61. The first-order chi connectivity index (χ1) is 16.2. The van der Waals surface area contributed by atoms with Gasteiger partial charge in [0.15, 0.2) is 0 Å². The lowest BCUT2D eigenvalue weighted by Gasteiger charge is -2.45. The number of H-pyrrole nitrogens is 1. The molecule has 0 saturated carbocycles. The second kappa shape index (κ2) is 11.7. The Morgan fingerprint density at radius 3 is 2.91 bits per heavy atom. The molecule has 1 aromatic heterocycles. The summed E-state index contributed by atoms with van der Waals surface area (Å²) in [6.45, 7) is 4.72. The van der Waals surface area contributed by atoms with Crippen molar-refractivity contribution in [2.45, 2.75) is 63.8 Å². The first-order valence-electron chi connectivity index (χ1n) is 12.6. The number of amides is 1. The molecule has 1 N–H and O–H groups in total. The van der Waals surface area contributed by atoms with Crippen molar-refractivity contribution in [3.63, 3.8) is 0 Å². The van der Waals surface area contributed by atoms with Crippen LogP contribution in [0.5, 0.6) is 0 Å². The molecule has 0 spiro atoms. The number of aromatic amines is 1. The van der Waals surface area contributed by atoms with Crippen LogP contribution in [0.15, 0.2) is 29.1 Å². The number of hydrogen-bond acceptors (Lipinski definition) is 5. The Hall–Kier alpha value is -2.25.